The molecule has 0 atom stereocenters. The van der Waals surface area contributed by atoms with Crippen molar-refractivity contribution in [3.05, 3.63) is 71.0 Å². The van der Waals surface area contributed by atoms with Crippen LogP contribution in [0.1, 0.15) is 22.3 Å². The summed E-state index contributed by atoms with van der Waals surface area (Å²) in [5, 5.41) is 1.33. The number of halogens is 1. The molecule has 0 radical (unpaired) electrons. The van der Waals surface area contributed by atoms with Gasteiger partial charge in [-0.2, -0.15) is 0 Å². The lowest BCUT2D eigenvalue weighted by molar-refractivity contribution is 0.102. The number of carbonyl (C=O) groups excluding carboxylic acids is 1. The fraction of sp³-hybridized carbons (Fsp3) is 0.238. The van der Waals surface area contributed by atoms with Crippen molar-refractivity contribution in [3.8, 4) is 5.69 Å². The van der Waals surface area contributed by atoms with E-state index in [1.165, 1.54) is 22.3 Å². The Balaban J connectivity index is 1.51. The van der Waals surface area contributed by atoms with Crippen LogP contribution in [0.15, 0.2) is 60.0 Å². The monoisotopic (exact) mass is 461 g/mol. The molecule has 1 aliphatic rings. The van der Waals surface area contributed by atoms with Crippen LogP contribution in [0.4, 0.5) is 5.69 Å². The van der Waals surface area contributed by atoms with Gasteiger partial charge in [0.05, 0.1) is 17.7 Å². The first-order chi connectivity index (χ1) is 14.3. The first kappa shape index (κ1) is 21.0. The number of carbonyl (C=O) groups is 1. The van der Waals surface area contributed by atoms with E-state index in [2.05, 4.69) is 4.98 Å². The van der Waals surface area contributed by atoms with Crippen molar-refractivity contribution in [2.75, 3.05) is 22.9 Å². The van der Waals surface area contributed by atoms with Crippen molar-refractivity contribution in [1.82, 2.24) is 9.55 Å². The van der Waals surface area contributed by atoms with Crippen LogP contribution < -0.4 is 4.31 Å². The predicted octanol–water partition coefficient (Wildman–Crippen LogP) is 4.21. The smallest absolute Gasteiger partial charge is 0.232 e. The Kier molecular flexibility index (Phi) is 5.90. The van der Waals surface area contributed by atoms with E-state index in [0.29, 0.717) is 28.0 Å². The summed E-state index contributed by atoms with van der Waals surface area (Å²) in [6, 6.07) is 12.7. The third-order valence-electron chi connectivity index (χ3n) is 4.90. The molecule has 6 nitrogen and oxygen atoms in total. The zero-order valence-electron chi connectivity index (χ0n) is 16.3. The van der Waals surface area contributed by atoms with Gasteiger partial charge in [-0.05, 0) is 54.8 Å². The highest BCUT2D eigenvalue weighted by atomic mass is 35.5. The van der Waals surface area contributed by atoms with Crippen LogP contribution in [0.25, 0.3) is 5.69 Å². The molecule has 2 heterocycles. The largest absolute Gasteiger partial charge is 0.295 e. The third kappa shape index (κ3) is 4.40. The van der Waals surface area contributed by atoms with Crippen LogP contribution >= 0.6 is 23.4 Å². The maximum Gasteiger partial charge on any atom is 0.232 e. The van der Waals surface area contributed by atoms with Gasteiger partial charge in [-0.1, -0.05) is 29.4 Å². The van der Waals surface area contributed by atoms with Crippen molar-refractivity contribution < 1.29 is 13.2 Å². The van der Waals surface area contributed by atoms with E-state index in [0.717, 1.165) is 24.1 Å². The highest BCUT2D eigenvalue weighted by Crippen LogP contribution is 2.30. The number of imidazole rings is 1. The van der Waals surface area contributed by atoms with E-state index in [1.54, 1.807) is 24.4 Å². The second-order valence-electron chi connectivity index (χ2n) is 7.05. The standard InChI is InChI=1S/C21H20ClN3O3S2/c1-30(27,28)25-10-3-4-15-12-16(7-8-19(15)25)20(26)14-29-21-23-9-11-24(21)18-6-2-5-17(22)13-18/h2,5-9,11-13H,3-4,10,14H2,1H3. The van der Waals surface area contributed by atoms with Gasteiger partial charge < -0.3 is 0 Å². The van der Waals surface area contributed by atoms with E-state index < -0.39 is 10.0 Å². The minimum atomic E-state index is -3.32. The minimum absolute atomic E-state index is 0.0278. The van der Waals surface area contributed by atoms with Gasteiger partial charge in [-0.3, -0.25) is 13.7 Å². The summed E-state index contributed by atoms with van der Waals surface area (Å²) in [6.07, 6.45) is 6.22. The molecule has 30 heavy (non-hydrogen) atoms. The molecule has 1 aliphatic heterocycles. The van der Waals surface area contributed by atoms with E-state index in [-0.39, 0.29) is 11.5 Å². The second-order valence-corrected chi connectivity index (χ2v) is 10.3. The third-order valence-corrected chi connectivity index (χ3v) is 7.29. The number of nitrogens with zero attached hydrogens (tertiary/aromatic N) is 3. The number of aromatic nitrogens is 2. The lowest BCUT2D eigenvalue weighted by atomic mass is 9.99. The van der Waals surface area contributed by atoms with Crippen molar-refractivity contribution in [2.45, 2.75) is 18.0 Å². The van der Waals surface area contributed by atoms with Crippen LogP contribution in [0.3, 0.4) is 0 Å². The molecule has 0 spiro atoms. The van der Waals surface area contributed by atoms with Gasteiger partial charge in [0.1, 0.15) is 0 Å². The average Bonchev–Trinajstić information content (AvgIpc) is 3.19. The average molecular weight is 462 g/mol. The summed E-state index contributed by atoms with van der Waals surface area (Å²) in [4.78, 5) is 17.1. The Bertz CT molecular complexity index is 1210. The lowest BCUT2D eigenvalue weighted by Crippen LogP contribution is -2.34. The molecule has 0 fully saturated rings. The van der Waals surface area contributed by atoms with E-state index in [1.807, 2.05) is 35.0 Å². The molecular weight excluding hydrogens is 442 g/mol. The molecule has 9 heteroatoms. The molecule has 0 saturated heterocycles. The number of ketones is 1. The molecule has 0 aliphatic carbocycles. The number of thioether (sulfide) groups is 1. The fourth-order valence-corrected chi connectivity index (χ4v) is 5.56. The van der Waals surface area contributed by atoms with Gasteiger partial charge in [0, 0.05) is 35.2 Å². The van der Waals surface area contributed by atoms with Crippen LogP contribution in [0, 0.1) is 0 Å². The fourth-order valence-electron chi connectivity index (χ4n) is 3.51. The summed E-state index contributed by atoms with van der Waals surface area (Å²) >= 11 is 7.43. The van der Waals surface area contributed by atoms with Crippen LogP contribution in [-0.2, 0) is 16.4 Å². The zero-order valence-corrected chi connectivity index (χ0v) is 18.7. The van der Waals surface area contributed by atoms with Gasteiger partial charge in [-0.25, -0.2) is 13.4 Å². The van der Waals surface area contributed by atoms with Gasteiger partial charge in [0.2, 0.25) is 10.0 Å². The Morgan fingerprint density at radius 2 is 2.07 bits per heavy atom. The molecule has 0 amide bonds. The summed E-state index contributed by atoms with van der Waals surface area (Å²) in [6.45, 7) is 0.473. The number of aryl methyl sites for hydroxylation is 1. The van der Waals surface area contributed by atoms with Crippen LogP contribution in [0.5, 0.6) is 0 Å². The molecule has 1 aromatic heterocycles. The number of rotatable bonds is 6. The SMILES string of the molecule is CS(=O)(=O)N1CCCc2cc(C(=O)CSc3nccn3-c3cccc(Cl)c3)ccc21. The number of sulfonamides is 1. The van der Waals surface area contributed by atoms with Crippen molar-refractivity contribution in [2.24, 2.45) is 0 Å². The Hall–Kier alpha value is -2.29. The van der Waals surface area contributed by atoms with E-state index >= 15 is 0 Å². The van der Waals surface area contributed by atoms with E-state index in [4.69, 9.17) is 11.6 Å². The zero-order chi connectivity index (χ0) is 21.3. The molecular formula is C21H20ClN3O3S2. The van der Waals surface area contributed by atoms with E-state index in [9.17, 15) is 13.2 Å². The number of benzene rings is 2. The normalized spacial score (nSPS) is 13.9. The predicted molar refractivity (Wildman–Crippen MR) is 121 cm³/mol. The maximum atomic E-state index is 12.8. The number of hydrogen-bond donors (Lipinski definition) is 0. The van der Waals surface area contributed by atoms with Crippen LogP contribution in [0.2, 0.25) is 5.02 Å². The summed E-state index contributed by atoms with van der Waals surface area (Å²) in [5.41, 5.74) is 3.02. The molecule has 0 saturated carbocycles. The highest BCUT2D eigenvalue weighted by molar-refractivity contribution is 7.99. The second kappa shape index (κ2) is 8.45. The Labute approximate surface area is 184 Å². The Morgan fingerprint density at radius 1 is 1.23 bits per heavy atom. The number of anilines is 1. The topological polar surface area (TPSA) is 72.3 Å². The molecule has 4 rings (SSSR count). The van der Waals surface area contributed by atoms with Crippen LogP contribution in [-0.4, -0.2) is 42.3 Å². The first-order valence-corrected chi connectivity index (χ1v) is 12.6. The molecule has 0 unspecified atom stereocenters. The summed E-state index contributed by atoms with van der Waals surface area (Å²) < 4.78 is 27.3. The minimum Gasteiger partial charge on any atom is -0.295 e. The number of fused-ring (bicyclic) bond motifs is 1. The van der Waals surface area contributed by atoms with Gasteiger partial charge in [-0.15, -0.1) is 0 Å². The summed E-state index contributed by atoms with van der Waals surface area (Å²) in [5.74, 6) is 0.200. The van der Waals surface area contributed by atoms with Gasteiger partial charge in [0.25, 0.3) is 0 Å². The van der Waals surface area contributed by atoms with Gasteiger partial charge in [0.15, 0.2) is 10.9 Å². The summed E-state index contributed by atoms with van der Waals surface area (Å²) in [7, 11) is -3.32. The first-order valence-electron chi connectivity index (χ1n) is 9.39. The number of hydrogen-bond acceptors (Lipinski definition) is 5. The molecule has 3 aromatic rings. The molecule has 2 aromatic carbocycles. The maximum absolute atomic E-state index is 12.8. The van der Waals surface area contributed by atoms with Crippen molar-refractivity contribution in [3.63, 3.8) is 0 Å². The van der Waals surface area contributed by atoms with Crippen molar-refractivity contribution in [1.29, 1.82) is 0 Å². The molecule has 0 N–H and O–H groups in total. The number of Topliss-reactive ketones (excluding diaryl/α,β-unsaturated/α-hetero) is 1. The quantitative estimate of drug-likeness (QED) is 0.406. The lowest BCUT2D eigenvalue weighted by Gasteiger charge is -2.29. The Morgan fingerprint density at radius 3 is 2.83 bits per heavy atom. The molecule has 156 valence electrons. The van der Waals surface area contributed by atoms with Gasteiger partial charge >= 0.3 is 0 Å². The molecule has 0 bridgehead atoms. The van der Waals surface area contributed by atoms with Crippen molar-refractivity contribution >= 4 is 44.9 Å². The highest BCUT2D eigenvalue weighted by Gasteiger charge is 2.24.